The van der Waals surface area contributed by atoms with Gasteiger partial charge in [-0.1, -0.05) is 17.7 Å². The van der Waals surface area contributed by atoms with Crippen LogP contribution in [-0.4, -0.2) is 15.9 Å². The van der Waals surface area contributed by atoms with Gasteiger partial charge < -0.3 is 5.32 Å². The third kappa shape index (κ3) is 3.91. The Kier molecular flexibility index (Phi) is 4.64. The molecule has 3 rings (SSSR count). The highest BCUT2D eigenvalue weighted by Gasteiger charge is 2.10. The molecule has 7 heteroatoms. The maximum Gasteiger partial charge on any atom is 0.229 e. The Hall–Kier alpha value is -2.31. The van der Waals surface area contributed by atoms with Crippen LogP contribution in [0.1, 0.15) is 5.56 Å². The van der Waals surface area contributed by atoms with Crippen molar-refractivity contribution in [2.24, 2.45) is 0 Å². The highest BCUT2D eigenvalue weighted by molar-refractivity contribution is 7.13. The molecule has 0 aliphatic heterocycles. The smallest absolute Gasteiger partial charge is 0.229 e. The molecule has 0 spiro atoms. The number of benzene rings is 1. The molecule has 116 valence electrons. The number of amides is 1. The highest BCUT2D eigenvalue weighted by atomic mass is 35.5. The summed E-state index contributed by atoms with van der Waals surface area (Å²) in [5, 5.41) is 5.29. The number of aromatic nitrogens is 2. The minimum absolute atomic E-state index is 0.00364. The highest BCUT2D eigenvalue weighted by Crippen LogP contribution is 2.25. The molecule has 0 saturated carbocycles. The zero-order valence-electron chi connectivity index (χ0n) is 11.8. The van der Waals surface area contributed by atoms with Gasteiger partial charge in [-0.3, -0.25) is 9.78 Å². The number of nitrogens with zero attached hydrogens (tertiary/aromatic N) is 2. The van der Waals surface area contributed by atoms with Crippen LogP contribution in [0, 0.1) is 5.82 Å². The van der Waals surface area contributed by atoms with Gasteiger partial charge in [0.05, 0.1) is 11.4 Å². The second-order valence-corrected chi connectivity index (χ2v) is 6.01. The van der Waals surface area contributed by atoms with Crippen LogP contribution in [0.15, 0.2) is 48.1 Å². The molecule has 1 amide bonds. The molecule has 0 radical (unpaired) electrons. The van der Waals surface area contributed by atoms with Crippen molar-refractivity contribution < 1.29 is 9.18 Å². The third-order valence-electron chi connectivity index (χ3n) is 3.05. The van der Waals surface area contributed by atoms with Crippen LogP contribution in [0.5, 0.6) is 0 Å². The van der Waals surface area contributed by atoms with Gasteiger partial charge in [0.15, 0.2) is 0 Å². The molecule has 0 aliphatic rings. The summed E-state index contributed by atoms with van der Waals surface area (Å²) < 4.78 is 13.1. The minimum atomic E-state index is -0.502. The van der Waals surface area contributed by atoms with Crippen LogP contribution < -0.4 is 5.32 Å². The number of nitrogens with one attached hydrogen (secondary N) is 1. The molecule has 23 heavy (non-hydrogen) atoms. The van der Waals surface area contributed by atoms with E-state index in [0.29, 0.717) is 11.4 Å². The molecular weight excluding hydrogens is 337 g/mol. The third-order valence-corrected chi connectivity index (χ3v) is 4.23. The number of pyridine rings is 1. The standard InChI is InChI=1S/C16H11ClFN3OS/c17-12-7-10(1-2-13(12)18)8-15(22)20-14-9-23-16(21-14)11-3-5-19-6-4-11/h1-7,9H,8H2,(H,20,22). The van der Waals surface area contributed by atoms with Crippen molar-refractivity contribution in [3.8, 4) is 10.6 Å². The van der Waals surface area contributed by atoms with Gasteiger partial charge in [-0.2, -0.15) is 0 Å². The van der Waals surface area contributed by atoms with E-state index in [1.807, 2.05) is 12.1 Å². The fourth-order valence-electron chi connectivity index (χ4n) is 1.98. The lowest BCUT2D eigenvalue weighted by Crippen LogP contribution is -2.14. The molecule has 4 nitrogen and oxygen atoms in total. The van der Waals surface area contributed by atoms with Gasteiger partial charge >= 0.3 is 0 Å². The largest absolute Gasteiger partial charge is 0.310 e. The number of halogens is 2. The van der Waals surface area contributed by atoms with Gasteiger partial charge in [0, 0.05) is 23.3 Å². The fourth-order valence-corrected chi connectivity index (χ4v) is 2.94. The zero-order chi connectivity index (χ0) is 16.2. The van der Waals surface area contributed by atoms with E-state index < -0.39 is 5.82 Å². The van der Waals surface area contributed by atoms with E-state index in [1.165, 1.54) is 29.5 Å². The van der Waals surface area contributed by atoms with E-state index in [9.17, 15) is 9.18 Å². The summed E-state index contributed by atoms with van der Waals surface area (Å²) in [5.41, 5.74) is 1.58. The van der Waals surface area contributed by atoms with Gasteiger partial charge in [-0.05, 0) is 29.8 Å². The Bertz CT molecular complexity index is 838. The number of hydrogen-bond acceptors (Lipinski definition) is 4. The Morgan fingerprint density at radius 1 is 1.26 bits per heavy atom. The second-order valence-electron chi connectivity index (χ2n) is 4.75. The second kappa shape index (κ2) is 6.85. The molecule has 0 unspecified atom stereocenters. The first-order chi connectivity index (χ1) is 11.1. The number of carbonyl (C=O) groups is 1. The van der Waals surface area contributed by atoms with Crippen molar-refractivity contribution in [2.75, 3.05) is 5.32 Å². The lowest BCUT2D eigenvalue weighted by molar-refractivity contribution is -0.115. The summed E-state index contributed by atoms with van der Waals surface area (Å²) in [4.78, 5) is 20.4. The van der Waals surface area contributed by atoms with Crippen LogP contribution in [0.3, 0.4) is 0 Å². The van der Waals surface area contributed by atoms with Crippen LogP contribution in [0.2, 0.25) is 5.02 Å². The maximum absolute atomic E-state index is 13.1. The van der Waals surface area contributed by atoms with Crippen LogP contribution in [0.25, 0.3) is 10.6 Å². The molecule has 0 atom stereocenters. The van der Waals surface area contributed by atoms with Gasteiger partial charge in [-0.25, -0.2) is 9.37 Å². The van der Waals surface area contributed by atoms with E-state index in [1.54, 1.807) is 17.8 Å². The van der Waals surface area contributed by atoms with Crippen LogP contribution in [-0.2, 0) is 11.2 Å². The molecule has 0 saturated heterocycles. The fraction of sp³-hybridized carbons (Fsp3) is 0.0625. The summed E-state index contributed by atoms with van der Waals surface area (Å²) in [6, 6.07) is 7.93. The monoisotopic (exact) mass is 347 g/mol. The summed E-state index contributed by atoms with van der Waals surface area (Å²) in [6.07, 6.45) is 3.47. The normalized spacial score (nSPS) is 10.5. The minimum Gasteiger partial charge on any atom is -0.310 e. The Labute approximate surface area is 141 Å². The van der Waals surface area contributed by atoms with Crippen LogP contribution >= 0.6 is 22.9 Å². The molecule has 0 bridgehead atoms. The van der Waals surface area contributed by atoms with Crippen molar-refractivity contribution in [3.05, 3.63) is 64.5 Å². The van der Waals surface area contributed by atoms with Gasteiger partial charge in [0.2, 0.25) is 5.91 Å². The summed E-state index contributed by atoms with van der Waals surface area (Å²) in [5.74, 6) is -0.253. The van der Waals surface area contributed by atoms with E-state index in [4.69, 9.17) is 11.6 Å². The van der Waals surface area contributed by atoms with Crippen molar-refractivity contribution >= 4 is 34.7 Å². The summed E-state index contributed by atoms with van der Waals surface area (Å²) in [7, 11) is 0. The molecule has 3 aromatic rings. The molecule has 2 aromatic heterocycles. The van der Waals surface area contributed by atoms with Crippen molar-refractivity contribution in [3.63, 3.8) is 0 Å². The lowest BCUT2D eigenvalue weighted by atomic mass is 10.1. The lowest BCUT2D eigenvalue weighted by Gasteiger charge is -2.03. The number of thiazole rings is 1. The van der Waals surface area contributed by atoms with E-state index >= 15 is 0 Å². The van der Waals surface area contributed by atoms with E-state index in [-0.39, 0.29) is 17.4 Å². The average Bonchev–Trinajstić information content (AvgIpc) is 3.00. The number of anilines is 1. The van der Waals surface area contributed by atoms with E-state index in [0.717, 1.165) is 10.6 Å². The Balaban J connectivity index is 1.66. The SMILES string of the molecule is O=C(Cc1ccc(F)c(Cl)c1)Nc1csc(-c2ccncc2)n1. The Morgan fingerprint density at radius 2 is 2.04 bits per heavy atom. The number of rotatable bonds is 4. The van der Waals surface area contributed by atoms with E-state index in [2.05, 4.69) is 15.3 Å². The maximum atomic E-state index is 13.1. The molecule has 1 N–H and O–H groups in total. The molecule has 2 heterocycles. The molecule has 0 fully saturated rings. The number of carbonyl (C=O) groups excluding carboxylic acids is 1. The topological polar surface area (TPSA) is 54.9 Å². The first-order valence-corrected chi connectivity index (χ1v) is 7.97. The van der Waals surface area contributed by atoms with Gasteiger partial charge in [-0.15, -0.1) is 11.3 Å². The first kappa shape index (κ1) is 15.6. The zero-order valence-corrected chi connectivity index (χ0v) is 13.4. The summed E-state index contributed by atoms with van der Waals surface area (Å²) in [6.45, 7) is 0. The van der Waals surface area contributed by atoms with Gasteiger partial charge in [0.25, 0.3) is 0 Å². The van der Waals surface area contributed by atoms with Crippen molar-refractivity contribution in [1.82, 2.24) is 9.97 Å². The predicted molar refractivity (Wildman–Crippen MR) is 89.1 cm³/mol. The molecule has 1 aromatic carbocycles. The van der Waals surface area contributed by atoms with Gasteiger partial charge in [0.1, 0.15) is 16.6 Å². The van der Waals surface area contributed by atoms with Crippen molar-refractivity contribution in [1.29, 1.82) is 0 Å². The molecule has 0 aliphatic carbocycles. The number of hydrogen-bond donors (Lipinski definition) is 1. The molecular formula is C16H11ClFN3OS. The summed E-state index contributed by atoms with van der Waals surface area (Å²) >= 11 is 7.14. The Morgan fingerprint density at radius 3 is 2.78 bits per heavy atom. The van der Waals surface area contributed by atoms with Crippen LogP contribution in [0.4, 0.5) is 10.2 Å². The average molecular weight is 348 g/mol. The quantitative estimate of drug-likeness (QED) is 0.770. The van der Waals surface area contributed by atoms with Crippen molar-refractivity contribution in [2.45, 2.75) is 6.42 Å². The first-order valence-electron chi connectivity index (χ1n) is 6.71. The predicted octanol–water partition coefficient (Wildman–Crippen LogP) is 4.18.